The molecular formula is C10H19NO4. The number of hydrogen-bond acceptors (Lipinski definition) is 4. The summed E-state index contributed by atoms with van der Waals surface area (Å²) >= 11 is 0. The Bertz CT molecular complexity index is 232. The third-order valence-electron chi connectivity index (χ3n) is 2.22. The van der Waals surface area contributed by atoms with Crippen molar-refractivity contribution in [2.24, 2.45) is 5.41 Å². The van der Waals surface area contributed by atoms with Gasteiger partial charge in [0.25, 0.3) is 5.09 Å². The van der Waals surface area contributed by atoms with Crippen molar-refractivity contribution in [3.05, 3.63) is 10.1 Å². The van der Waals surface area contributed by atoms with Crippen LogP contribution in [0.2, 0.25) is 0 Å². The summed E-state index contributed by atoms with van der Waals surface area (Å²) in [4.78, 5) is 26.1. The SMILES string of the molecule is CCC(CCC(=O)C(C)(C)C)O[N+](=O)[O-]. The van der Waals surface area contributed by atoms with Crippen LogP contribution in [-0.2, 0) is 9.63 Å². The maximum absolute atomic E-state index is 11.5. The molecule has 0 saturated carbocycles. The van der Waals surface area contributed by atoms with Crippen molar-refractivity contribution in [3.8, 4) is 0 Å². The van der Waals surface area contributed by atoms with Crippen molar-refractivity contribution in [3.63, 3.8) is 0 Å². The highest BCUT2D eigenvalue weighted by atomic mass is 17.0. The second kappa shape index (κ2) is 5.68. The molecular weight excluding hydrogens is 198 g/mol. The van der Waals surface area contributed by atoms with Gasteiger partial charge >= 0.3 is 0 Å². The van der Waals surface area contributed by atoms with Gasteiger partial charge in [0.1, 0.15) is 11.9 Å². The van der Waals surface area contributed by atoms with Gasteiger partial charge in [0, 0.05) is 11.8 Å². The lowest BCUT2D eigenvalue weighted by Crippen LogP contribution is -2.23. The molecule has 0 spiro atoms. The van der Waals surface area contributed by atoms with Crippen molar-refractivity contribution in [2.75, 3.05) is 0 Å². The molecule has 1 atom stereocenters. The average molecular weight is 217 g/mol. The van der Waals surface area contributed by atoms with E-state index in [1.807, 2.05) is 20.8 Å². The van der Waals surface area contributed by atoms with Crippen LogP contribution in [-0.4, -0.2) is 17.0 Å². The minimum absolute atomic E-state index is 0.105. The molecule has 0 amide bonds. The molecule has 0 heterocycles. The second-order valence-electron chi connectivity index (χ2n) is 4.57. The van der Waals surface area contributed by atoms with E-state index in [1.165, 1.54) is 0 Å². The fourth-order valence-corrected chi connectivity index (χ4v) is 1.12. The fourth-order valence-electron chi connectivity index (χ4n) is 1.12. The smallest absolute Gasteiger partial charge is 0.294 e. The summed E-state index contributed by atoms with van der Waals surface area (Å²) in [5.41, 5.74) is -0.382. The first-order valence-corrected chi connectivity index (χ1v) is 5.11. The van der Waals surface area contributed by atoms with Crippen LogP contribution >= 0.6 is 0 Å². The summed E-state index contributed by atoms with van der Waals surface area (Å²) in [5.74, 6) is 0.105. The summed E-state index contributed by atoms with van der Waals surface area (Å²) in [5, 5.41) is 9.31. The molecule has 0 aliphatic carbocycles. The van der Waals surface area contributed by atoms with Gasteiger partial charge < -0.3 is 4.84 Å². The molecule has 0 fully saturated rings. The van der Waals surface area contributed by atoms with E-state index in [0.717, 1.165) is 0 Å². The van der Waals surface area contributed by atoms with Gasteiger partial charge in [0.2, 0.25) is 0 Å². The average Bonchev–Trinajstić information content (AvgIpc) is 2.09. The Morgan fingerprint density at radius 2 is 2.00 bits per heavy atom. The molecule has 0 rings (SSSR count). The predicted octanol–water partition coefficient (Wildman–Crippen LogP) is 2.37. The maximum Gasteiger partial charge on any atom is 0.294 e. The molecule has 0 aliphatic rings. The van der Waals surface area contributed by atoms with Gasteiger partial charge in [-0.05, 0) is 12.8 Å². The van der Waals surface area contributed by atoms with Crippen LogP contribution in [0.4, 0.5) is 0 Å². The van der Waals surface area contributed by atoms with Gasteiger partial charge in [-0.3, -0.25) is 4.79 Å². The number of hydrogen-bond donors (Lipinski definition) is 0. The zero-order valence-corrected chi connectivity index (χ0v) is 9.78. The number of carbonyl (C=O) groups excluding carboxylic acids is 1. The van der Waals surface area contributed by atoms with E-state index >= 15 is 0 Å². The minimum atomic E-state index is -0.796. The maximum atomic E-state index is 11.5. The molecule has 0 bridgehead atoms. The van der Waals surface area contributed by atoms with Crippen LogP contribution in [0.3, 0.4) is 0 Å². The molecule has 0 aromatic rings. The van der Waals surface area contributed by atoms with E-state index in [4.69, 9.17) is 0 Å². The van der Waals surface area contributed by atoms with Gasteiger partial charge in [-0.15, -0.1) is 10.1 Å². The van der Waals surface area contributed by atoms with Crippen LogP contribution in [0.25, 0.3) is 0 Å². The van der Waals surface area contributed by atoms with E-state index in [2.05, 4.69) is 4.84 Å². The van der Waals surface area contributed by atoms with E-state index in [1.54, 1.807) is 6.92 Å². The first kappa shape index (κ1) is 13.9. The summed E-state index contributed by atoms with van der Waals surface area (Å²) in [6.07, 6.45) is 0.813. The molecule has 88 valence electrons. The van der Waals surface area contributed by atoms with Crippen LogP contribution in [0.15, 0.2) is 0 Å². The lowest BCUT2D eigenvalue weighted by Gasteiger charge is -2.18. The van der Waals surface area contributed by atoms with Crippen LogP contribution < -0.4 is 0 Å². The lowest BCUT2D eigenvalue weighted by atomic mass is 9.87. The first-order valence-electron chi connectivity index (χ1n) is 5.11. The van der Waals surface area contributed by atoms with E-state index in [0.29, 0.717) is 19.3 Å². The molecule has 0 aliphatic heterocycles. The fraction of sp³-hybridized carbons (Fsp3) is 0.900. The highest BCUT2D eigenvalue weighted by Gasteiger charge is 2.22. The number of nitrogens with zero attached hydrogens (tertiary/aromatic N) is 1. The Morgan fingerprint density at radius 1 is 1.47 bits per heavy atom. The second-order valence-corrected chi connectivity index (χ2v) is 4.57. The monoisotopic (exact) mass is 217 g/mol. The minimum Gasteiger partial charge on any atom is -0.311 e. The first-order chi connectivity index (χ1) is 6.77. The van der Waals surface area contributed by atoms with E-state index < -0.39 is 11.2 Å². The van der Waals surface area contributed by atoms with Crippen molar-refractivity contribution in [1.29, 1.82) is 0 Å². The Kier molecular flexibility index (Phi) is 5.25. The largest absolute Gasteiger partial charge is 0.311 e. The molecule has 0 radical (unpaired) electrons. The molecule has 15 heavy (non-hydrogen) atoms. The molecule has 0 saturated heterocycles. The van der Waals surface area contributed by atoms with Crippen molar-refractivity contribution < 1.29 is 14.7 Å². The number of carbonyl (C=O) groups is 1. The van der Waals surface area contributed by atoms with Crippen LogP contribution in [0.5, 0.6) is 0 Å². The molecule has 5 nitrogen and oxygen atoms in total. The van der Waals surface area contributed by atoms with E-state index in [-0.39, 0.29) is 11.2 Å². The Labute approximate surface area is 89.9 Å². The zero-order chi connectivity index (χ0) is 12.1. The highest BCUT2D eigenvalue weighted by molar-refractivity contribution is 5.83. The molecule has 5 heteroatoms. The third kappa shape index (κ3) is 6.04. The molecule has 1 unspecified atom stereocenters. The van der Waals surface area contributed by atoms with Crippen molar-refractivity contribution in [1.82, 2.24) is 0 Å². The summed E-state index contributed by atoms with van der Waals surface area (Å²) in [6.45, 7) is 7.32. The van der Waals surface area contributed by atoms with Gasteiger partial charge in [0.15, 0.2) is 0 Å². The predicted molar refractivity (Wildman–Crippen MR) is 55.9 cm³/mol. The van der Waals surface area contributed by atoms with Crippen LogP contribution in [0.1, 0.15) is 47.0 Å². The van der Waals surface area contributed by atoms with Gasteiger partial charge in [-0.2, -0.15) is 0 Å². The lowest BCUT2D eigenvalue weighted by molar-refractivity contribution is -0.768. The topological polar surface area (TPSA) is 69.4 Å². The normalized spacial score (nSPS) is 13.3. The Morgan fingerprint density at radius 3 is 2.33 bits per heavy atom. The third-order valence-corrected chi connectivity index (χ3v) is 2.22. The summed E-state index contributed by atoms with van der Waals surface area (Å²) in [7, 11) is 0. The zero-order valence-electron chi connectivity index (χ0n) is 9.78. The summed E-state index contributed by atoms with van der Waals surface area (Å²) < 4.78 is 0. The Balaban J connectivity index is 4.01. The molecule has 0 aromatic carbocycles. The van der Waals surface area contributed by atoms with Crippen molar-refractivity contribution in [2.45, 2.75) is 53.1 Å². The van der Waals surface area contributed by atoms with Gasteiger partial charge in [-0.1, -0.05) is 27.7 Å². The van der Waals surface area contributed by atoms with Crippen molar-refractivity contribution >= 4 is 5.78 Å². The Hall–Kier alpha value is -1.13. The standard InChI is InChI=1S/C10H19NO4/c1-5-8(15-11(13)14)6-7-9(12)10(2,3)4/h8H,5-7H2,1-4H3. The number of ketones is 1. The molecule has 0 aromatic heterocycles. The van der Waals surface area contributed by atoms with Crippen LogP contribution in [0, 0.1) is 15.5 Å². The molecule has 0 N–H and O–H groups in total. The van der Waals surface area contributed by atoms with E-state index in [9.17, 15) is 14.9 Å². The summed E-state index contributed by atoms with van der Waals surface area (Å²) in [6, 6.07) is 0. The van der Waals surface area contributed by atoms with Gasteiger partial charge in [-0.25, -0.2) is 0 Å². The number of rotatable bonds is 6. The highest BCUT2D eigenvalue weighted by Crippen LogP contribution is 2.19. The van der Waals surface area contributed by atoms with Gasteiger partial charge in [0.05, 0.1) is 0 Å². The quantitative estimate of drug-likeness (QED) is 0.506. The number of Topliss-reactive ketones (excluding diaryl/α,β-unsaturated/α-hetero) is 1.